The van der Waals surface area contributed by atoms with Gasteiger partial charge in [0.25, 0.3) is 20.0 Å². The van der Waals surface area contributed by atoms with Crippen molar-refractivity contribution < 1.29 is 21.6 Å². The first-order valence-electron chi connectivity index (χ1n) is 8.98. The van der Waals surface area contributed by atoms with E-state index in [1.807, 2.05) is 6.92 Å². The third-order valence-electron chi connectivity index (χ3n) is 4.44. The highest BCUT2D eigenvalue weighted by atomic mass is 32.2. The second-order valence-corrected chi connectivity index (χ2v) is 10.1. The maximum absolute atomic E-state index is 12.8. The summed E-state index contributed by atoms with van der Waals surface area (Å²) in [6.45, 7) is 3.55. The van der Waals surface area contributed by atoms with Gasteiger partial charge in [-0.15, -0.1) is 0 Å². The van der Waals surface area contributed by atoms with Crippen LogP contribution < -0.4 is 14.2 Å². The molecule has 0 radical (unpaired) electrons. The van der Waals surface area contributed by atoms with Crippen molar-refractivity contribution in [3.8, 4) is 5.75 Å². The molecule has 0 spiro atoms. The third-order valence-corrected chi connectivity index (χ3v) is 7.20. The Morgan fingerprint density at radius 2 is 1.27 bits per heavy atom. The van der Waals surface area contributed by atoms with Gasteiger partial charge in [-0.05, 0) is 67.9 Å². The molecule has 0 amide bonds. The fourth-order valence-corrected chi connectivity index (χ4v) is 4.88. The summed E-state index contributed by atoms with van der Waals surface area (Å²) in [6.07, 6.45) is 0. The van der Waals surface area contributed by atoms with Crippen LogP contribution in [0, 0.1) is 13.8 Å². The van der Waals surface area contributed by atoms with E-state index >= 15 is 0 Å². The van der Waals surface area contributed by atoms with Crippen molar-refractivity contribution in [2.45, 2.75) is 23.6 Å². The predicted octanol–water partition coefficient (Wildman–Crippen LogP) is 3.91. The lowest BCUT2D eigenvalue weighted by atomic mass is 10.2. The summed E-state index contributed by atoms with van der Waals surface area (Å²) in [5.41, 5.74) is 2.07. The van der Waals surface area contributed by atoms with Crippen LogP contribution in [0.5, 0.6) is 5.75 Å². The number of ether oxygens (including phenoxy) is 1. The number of hydrogen-bond donors (Lipinski definition) is 2. The molecule has 0 aliphatic carbocycles. The van der Waals surface area contributed by atoms with Crippen LogP contribution >= 0.6 is 0 Å². The molecule has 0 atom stereocenters. The van der Waals surface area contributed by atoms with E-state index < -0.39 is 20.0 Å². The second kappa shape index (κ2) is 8.37. The molecule has 9 heteroatoms. The first kappa shape index (κ1) is 21.7. The molecule has 0 saturated carbocycles. The maximum Gasteiger partial charge on any atom is 0.261 e. The minimum atomic E-state index is -3.92. The van der Waals surface area contributed by atoms with Crippen molar-refractivity contribution in [1.82, 2.24) is 0 Å². The van der Waals surface area contributed by atoms with E-state index in [9.17, 15) is 16.8 Å². The highest BCUT2D eigenvalue weighted by Crippen LogP contribution is 2.25. The lowest BCUT2D eigenvalue weighted by molar-refractivity contribution is 0.415. The van der Waals surface area contributed by atoms with Crippen molar-refractivity contribution in [2.75, 3.05) is 16.6 Å². The second-order valence-electron chi connectivity index (χ2n) is 6.73. The van der Waals surface area contributed by atoms with Gasteiger partial charge in [-0.25, -0.2) is 16.8 Å². The average Bonchev–Trinajstić information content (AvgIpc) is 2.70. The van der Waals surface area contributed by atoms with Crippen LogP contribution in [0.1, 0.15) is 11.1 Å². The van der Waals surface area contributed by atoms with Crippen LogP contribution in [0.25, 0.3) is 0 Å². The smallest absolute Gasteiger partial charge is 0.261 e. The van der Waals surface area contributed by atoms with E-state index in [0.29, 0.717) is 17.0 Å². The van der Waals surface area contributed by atoms with Crippen LogP contribution in [-0.4, -0.2) is 23.9 Å². The molecule has 0 heterocycles. The molecule has 0 saturated heterocycles. The molecule has 0 bridgehead atoms. The zero-order valence-electron chi connectivity index (χ0n) is 16.7. The number of methoxy groups -OCH3 is 1. The van der Waals surface area contributed by atoms with Gasteiger partial charge in [-0.3, -0.25) is 9.44 Å². The Morgan fingerprint density at radius 3 is 1.87 bits per heavy atom. The number of aryl methyl sites for hydroxylation is 2. The van der Waals surface area contributed by atoms with Gasteiger partial charge in [0.05, 0.1) is 22.6 Å². The van der Waals surface area contributed by atoms with Crippen LogP contribution in [0.15, 0.2) is 76.5 Å². The van der Waals surface area contributed by atoms with E-state index in [1.165, 1.54) is 31.4 Å². The maximum atomic E-state index is 12.8. The molecule has 0 fully saturated rings. The van der Waals surface area contributed by atoms with E-state index in [1.54, 1.807) is 49.4 Å². The molecule has 2 N–H and O–H groups in total. The zero-order valence-corrected chi connectivity index (χ0v) is 18.3. The predicted molar refractivity (Wildman–Crippen MR) is 117 cm³/mol. The number of nitrogens with one attached hydrogen (secondary N) is 2. The van der Waals surface area contributed by atoms with Crippen LogP contribution in [0.2, 0.25) is 0 Å². The first-order chi connectivity index (χ1) is 14.1. The van der Waals surface area contributed by atoms with Gasteiger partial charge < -0.3 is 4.74 Å². The molecule has 158 valence electrons. The van der Waals surface area contributed by atoms with Gasteiger partial charge in [0, 0.05) is 5.69 Å². The topological polar surface area (TPSA) is 102 Å². The minimum Gasteiger partial charge on any atom is -0.497 e. The lowest BCUT2D eigenvalue weighted by Gasteiger charge is -2.14. The summed E-state index contributed by atoms with van der Waals surface area (Å²) in [5.74, 6) is 0.598. The van der Waals surface area contributed by atoms with Crippen molar-refractivity contribution in [3.05, 3.63) is 77.9 Å². The fourth-order valence-electron chi connectivity index (χ4n) is 2.67. The summed E-state index contributed by atoms with van der Waals surface area (Å²) < 4.78 is 60.9. The van der Waals surface area contributed by atoms with Gasteiger partial charge in [0.15, 0.2) is 0 Å². The number of sulfonamides is 2. The number of benzene rings is 3. The molecule has 0 unspecified atom stereocenters. The molecule has 7 nitrogen and oxygen atoms in total. The Bertz CT molecular complexity index is 1250. The average molecular weight is 447 g/mol. The molecule has 0 aliphatic rings. The molecular weight excluding hydrogens is 424 g/mol. The number of rotatable bonds is 7. The van der Waals surface area contributed by atoms with E-state index in [4.69, 9.17) is 4.74 Å². The summed E-state index contributed by atoms with van der Waals surface area (Å²) in [4.78, 5) is 0.0302. The van der Waals surface area contributed by atoms with Crippen LogP contribution in [0.4, 0.5) is 11.4 Å². The normalized spacial score (nSPS) is 11.7. The van der Waals surface area contributed by atoms with Crippen LogP contribution in [-0.2, 0) is 20.0 Å². The number of hydrogen-bond acceptors (Lipinski definition) is 5. The largest absolute Gasteiger partial charge is 0.497 e. The Kier molecular flexibility index (Phi) is 6.04. The van der Waals surface area contributed by atoms with E-state index in [-0.39, 0.29) is 15.5 Å². The van der Waals surface area contributed by atoms with Gasteiger partial charge in [-0.1, -0.05) is 23.8 Å². The zero-order chi connectivity index (χ0) is 21.9. The Balaban J connectivity index is 1.89. The summed E-state index contributed by atoms with van der Waals surface area (Å²) in [6, 6.07) is 17.1. The quantitative estimate of drug-likeness (QED) is 0.573. The lowest BCUT2D eigenvalue weighted by Crippen LogP contribution is -2.16. The van der Waals surface area contributed by atoms with Crippen molar-refractivity contribution in [1.29, 1.82) is 0 Å². The third kappa shape index (κ3) is 4.92. The minimum absolute atomic E-state index is 0.0643. The molecule has 0 aliphatic heterocycles. The Morgan fingerprint density at radius 1 is 0.700 bits per heavy atom. The molecule has 3 aromatic carbocycles. The van der Waals surface area contributed by atoms with Gasteiger partial charge in [0.1, 0.15) is 5.75 Å². The van der Waals surface area contributed by atoms with Gasteiger partial charge in [-0.2, -0.15) is 0 Å². The van der Waals surface area contributed by atoms with Crippen molar-refractivity contribution in [3.63, 3.8) is 0 Å². The standard InChI is InChI=1S/C21H22N2O5S2/c1-15-4-11-19(12-5-15)29(24,25)23-21-14-20(13-6-16(21)2)30(26,27)22-17-7-9-18(28-3)10-8-17/h4-14,22-23H,1-3H3. The number of anilines is 2. The SMILES string of the molecule is COc1ccc(NS(=O)(=O)c2ccc(C)c(NS(=O)(=O)c3ccc(C)cc3)c2)cc1. The van der Waals surface area contributed by atoms with Crippen molar-refractivity contribution >= 4 is 31.4 Å². The van der Waals surface area contributed by atoms with Gasteiger partial charge in [0.2, 0.25) is 0 Å². The first-order valence-corrected chi connectivity index (χ1v) is 11.9. The monoisotopic (exact) mass is 446 g/mol. The summed E-state index contributed by atoms with van der Waals surface area (Å²) >= 11 is 0. The summed E-state index contributed by atoms with van der Waals surface area (Å²) in [5, 5.41) is 0. The Labute approximate surface area is 176 Å². The van der Waals surface area contributed by atoms with Crippen molar-refractivity contribution in [2.24, 2.45) is 0 Å². The molecule has 30 heavy (non-hydrogen) atoms. The van der Waals surface area contributed by atoms with E-state index in [0.717, 1.165) is 5.56 Å². The Hall–Kier alpha value is -3.04. The summed E-state index contributed by atoms with van der Waals surface area (Å²) in [7, 11) is -6.27. The van der Waals surface area contributed by atoms with Crippen LogP contribution in [0.3, 0.4) is 0 Å². The highest BCUT2D eigenvalue weighted by molar-refractivity contribution is 7.93. The molecule has 3 aromatic rings. The fraction of sp³-hybridized carbons (Fsp3) is 0.143. The molecular formula is C21H22N2O5S2. The molecule has 3 rings (SSSR count). The molecule has 0 aromatic heterocycles. The van der Waals surface area contributed by atoms with Gasteiger partial charge >= 0.3 is 0 Å². The van der Waals surface area contributed by atoms with E-state index in [2.05, 4.69) is 9.44 Å². The highest BCUT2D eigenvalue weighted by Gasteiger charge is 2.19.